The molecular weight excluding hydrogens is 254 g/mol. The molecule has 19 heavy (non-hydrogen) atoms. The monoisotopic (exact) mass is 273 g/mol. The van der Waals surface area contributed by atoms with E-state index in [4.69, 9.17) is 5.73 Å². The molecule has 0 amide bonds. The average molecular weight is 274 g/mol. The molecule has 2 aromatic rings. The van der Waals surface area contributed by atoms with E-state index in [2.05, 4.69) is 48.5 Å². The Morgan fingerprint density at radius 3 is 2.05 bits per heavy atom. The molecule has 2 N–H and O–H groups in total. The Kier molecular flexibility index (Phi) is 4.62. The van der Waals surface area contributed by atoms with Gasteiger partial charge in [0.1, 0.15) is 0 Å². The van der Waals surface area contributed by atoms with Crippen LogP contribution in [0, 0.1) is 5.92 Å². The summed E-state index contributed by atoms with van der Waals surface area (Å²) in [7, 11) is 0. The molecular formula is C17H20ClN. The highest BCUT2D eigenvalue weighted by Gasteiger charge is 2.24. The highest BCUT2D eigenvalue weighted by molar-refractivity contribution is 5.85. The fourth-order valence-electron chi connectivity index (χ4n) is 2.40. The largest absolute Gasteiger partial charge is 0.324 e. The third kappa shape index (κ3) is 3.59. The molecule has 0 aliphatic heterocycles. The van der Waals surface area contributed by atoms with Crippen LogP contribution in [-0.2, 0) is 0 Å². The van der Waals surface area contributed by atoms with Gasteiger partial charge in [-0.25, -0.2) is 0 Å². The van der Waals surface area contributed by atoms with E-state index >= 15 is 0 Å². The Labute approximate surface area is 121 Å². The maximum absolute atomic E-state index is 6.22. The Hall–Kier alpha value is -1.31. The highest BCUT2D eigenvalue weighted by atomic mass is 35.5. The third-order valence-electron chi connectivity index (χ3n) is 3.73. The number of hydrogen-bond donors (Lipinski definition) is 1. The minimum Gasteiger partial charge on any atom is -0.324 e. The van der Waals surface area contributed by atoms with Gasteiger partial charge in [0.25, 0.3) is 0 Å². The second kappa shape index (κ2) is 6.23. The quantitative estimate of drug-likeness (QED) is 0.867. The third-order valence-corrected chi connectivity index (χ3v) is 3.73. The van der Waals surface area contributed by atoms with Gasteiger partial charge in [-0.2, -0.15) is 0 Å². The SMILES string of the molecule is Cl.N[C@@H](CC1CC1)c1ccc(-c2ccccc2)cc1. The number of rotatable bonds is 4. The molecule has 2 heteroatoms. The minimum absolute atomic E-state index is 0. The van der Waals surface area contributed by atoms with E-state index in [1.165, 1.54) is 29.5 Å². The smallest absolute Gasteiger partial charge is 0.0297 e. The molecule has 3 rings (SSSR count). The van der Waals surface area contributed by atoms with Crippen molar-refractivity contribution in [3.05, 3.63) is 60.2 Å². The molecule has 0 saturated heterocycles. The standard InChI is InChI=1S/C17H19N.ClH/c18-17(12-13-6-7-13)16-10-8-15(9-11-16)14-4-2-1-3-5-14;/h1-5,8-11,13,17H,6-7,12,18H2;1H/t17-;/m0./s1. The Balaban J connectivity index is 0.00000133. The van der Waals surface area contributed by atoms with Gasteiger partial charge in [0.05, 0.1) is 0 Å². The summed E-state index contributed by atoms with van der Waals surface area (Å²) in [4.78, 5) is 0. The summed E-state index contributed by atoms with van der Waals surface area (Å²) in [6.45, 7) is 0. The van der Waals surface area contributed by atoms with Crippen molar-refractivity contribution >= 4 is 12.4 Å². The van der Waals surface area contributed by atoms with Crippen LogP contribution in [0.15, 0.2) is 54.6 Å². The van der Waals surface area contributed by atoms with Crippen LogP contribution < -0.4 is 5.73 Å². The normalized spacial score (nSPS) is 15.6. The van der Waals surface area contributed by atoms with Crippen LogP contribution in [0.1, 0.15) is 30.9 Å². The molecule has 0 unspecified atom stereocenters. The van der Waals surface area contributed by atoms with Crippen LogP contribution in [-0.4, -0.2) is 0 Å². The first-order chi connectivity index (χ1) is 8.83. The first-order valence-corrected chi connectivity index (χ1v) is 6.74. The van der Waals surface area contributed by atoms with Crippen molar-refractivity contribution in [2.45, 2.75) is 25.3 Å². The molecule has 1 atom stereocenters. The molecule has 2 aromatic carbocycles. The lowest BCUT2D eigenvalue weighted by Gasteiger charge is -2.12. The van der Waals surface area contributed by atoms with Crippen LogP contribution in [0.3, 0.4) is 0 Å². The van der Waals surface area contributed by atoms with Gasteiger partial charge in [-0.05, 0) is 29.0 Å². The molecule has 0 bridgehead atoms. The zero-order valence-corrected chi connectivity index (χ0v) is 11.8. The van der Waals surface area contributed by atoms with Crippen molar-refractivity contribution in [1.82, 2.24) is 0 Å². The summed E-state index contributed by atoms with van der Waals surface area (Å²) >= 11 is 0. The van der Waals surface area contributed by atoms with Gasteiger partial charge in [-0.3, -0.25) is 0 Å². The number of benzene rings is 2. The molecule has 1 aliphatic rings. The molecule has 1 aliphatic carbocycles. The van der Waals surface area contributed by atoms with E-state index in [-0.39, 0.29) is 18.4 Å². The van der Waals surface area contributed by atoms with Crippen molar-refractivity contribution in [3.8, 4) is 11.1 Å². The lowest BCUT2D eigenvalue weighted by molar-refractivity contribution is 0.597. The van der Waals surface area contributed by atoms with Gasteiger partial charge in [0.15, 0.2) is 0 Å². The number of halogens is 1. The van der Waals surface area contributed by atoms with Gasteiger partial charge < -0.3 is 5.73 Å². The molecule has 0 spiro atoms. The Morgan fingerprint density at radius 1 is 0.895 bits per heavy atom. The van der Waals surface area contributed by atoms with Gasteiger partial charge in [-0.15, -0.1) is 12.4 Å². The summed E-state index contributed by atoms with van der Waals surface area (Å²) in [6.07, 6.45) is 3.89. The molecule has 0 aromatic heterocycles. The molecule has 1 saturated carbocycles. The van der Waals surface area contributed by atoms with Crippen molar-refractivity contribution in [3.63, 3.8) is 0 Å². The average Bonchev–Trinajstić information content (AvgIpc) is 3.24. The Morgan fingerprint density at radius 2 is 1.47 bits per heavy atom. The first kappa shape index (κ1) is 14.1. The predicted octanol–water partition coefficient (Wildman–Crippen LogP) is 4.58. The van der Waals surface area contributed by atoms with Crippen LogP contribution in [0.2, 0.25) is 0 Å². The van der Waals surface area contributed by atoms with Crippen LogP contribution >= 0.6 is 12.4 Å². The lowest BCUT2D eigenvalue weighted by atomic mass is 9.98. The van der Waals surface area contributed by atoms with E-state index in [1.807, 2.05) is 6.07 Å². The lowest BCUT2D eigenvalue weighted by Crippen LogP contribution is -2.10. The number of nitrogens with two attached hydrogens (primary N) is 1. The van der Waals surface area contributed by atoms with Crippen molar-refractivity contribution in [1.29, 1.82) is 0 Å². The second-order valence-corrected chi connectivity index (χ2v) is 5.27. The topological polar surface area (TPSA) is 26.0 Å². The van der Waals surface area contributed by atoms with E-state index in [9.17, 15) is 0 Å². The maximum atomic E-state index is 6.22. The van der Waals surface area contributed by atoms with Gasteiger partial charge >= 0.3 is 0 Å². The maximum Gasteiger partial charge on any atom is 0.0297 e. The Bertz CT molecular complexity index is 503. The van der Waals surface area contributed by atoms with E-state index < -0.39 is 0 Å². The predicted molar refractivity (Wildman–Crippen MR) is 83.4 cm³/mol. The zero-order chi connectivity index (χ0) is 12.4. The second-order valence-electron chi connectivity index (χ2n) is 5.27. The summed E-state index contributed by atoms with van der Waals surface area (Å²) < 4.78 is 0. The van der Waals surface area contributed by atoms with E-state index in [0.717, 1.165) is 12.3 Å². The van der Waals surface area contributed by atoms with E-state index in [1.54, 1.807) is 0 Å². The van der Waals surface area contributed by atoms with Crippen LogP contribution in [0.4, 0.5) is 0 Å². The fraction of sp³-hybridized carbons (Fsp3) is 0.294. The van der Waals surface area contributed by atoms with Crippen LogP contribution in [0.5, 0.6) is 0 Å². The molecule has 1 fully saturated rings. The summed E-state index contributed by atoms with van der Waals surface area (Å²) in [5.41, 5.74) is 10.0. The van der Waals surface area contributed by atoms with Crippen molar-refractivity contribution in [2.75, 3.05) is 0 Å². The molecule has 100 valence electrons. The molecule has 1 nitrogen and oxygen atoms in total. The molecule has 0 radical (unpaired) electrons. The first-order valence-electron chi connectivity index (χ1n) is 6.74. The van der Waals surface area contributed by atoms with Crippen molar-refractivity contribution in [2.24, 2.45) is 11.7 Å². The van der Waals surface area contributed by atoms with Crippen molar-refractivity contribution < 1.29 is 0 Å². The number of hydrogen-bond acceptors (Lipinski definition) is 1. The van der Waals surface area contributed by atoms with Gasteiger partial charge in [0, 0.05) is 6.04 Å². The summed E-state index contributed by atoms with van der Waals surface area (Å²) in [5.74, 6) is 0.883. The van der Waals surface area contributed by atoms with Crippen LogP contribution in [0.25, 0.3) is 11.1 Å². The van der Waals surface area contributed by atoms with Gasteiger partial charge in [-0.1, -0.05) is 67.4 Å². The fourth-order valence-corrected chi connectivity index (χ4v) is 2.40. The highest BCUT2D eigenvalue weighted by Crippen LogP contribution is 2.36. The van der Waals surface area contributed by atoms with E-state index in [0.29, 0.717) is 0 Å². The zero-order valence-electron chi connectivity index (χ0n) is 11.0. The summed E-state index contributed by atoms with van der Waals surface area (Å²) in [6, 6.07) is 19.4. The minimum atomic E-state index is 0. The van der Waals surface area contributed by atoms with Gasteiger partial charge in [0.2, 0.25) is 0 Å². The molecule has 0 heterocycles. The summed E-state index contributed by atoms with van der Waals surface area (Å²) in [5, 5.41) is 0.